The average molecular weight is 282 g/mol. The summed E-state index contributed by atoms with van der Waals surface area (Å²) < 4.78 is 5.18. The Balaban J connectivity index is 1.73. The topological polar surface area (TPSA) is 84.1 Å². The molecule has 0 atom stereocenters. The average Bonchev–Trinajstić information content (AvgIpc) is 3.02. The van der Waals surface area contributed by atoms with Crippen LogP contribution in [0.25, 0.3) is 11.5 Å². The van der Waals surface area contributed by atoms with Gasteiger partial charge in [-0.15, -0.1) is 10.2 Å². The molecule has 0 unspecified atom stereocenters. The summed E-state index contributed by atoms with van der Waals surface area (Å²) in [6, 6.07) is 9.28. The molecule has 6 nitrogen and oxygen atoms in total. The van der Waals surface area contributed by atoms with Crippen molar-refractivity contribution >= 4 is 5.69 Å². The van der Waals surface area contributed by atoms with Crippen LogP contribution in [-0.4, -0.2) is 20.3 Å². The number of aryl methyl sites for hydroxylation is 1. The summed E-state index contributed by atoms with van der Waals surface area (Å²) in [5.74, 6) is 0.670. The van der Waals surface area contributed by atoms with Crippen LogP contribution in [0.1, 0.15) is 11.3 Å². The zero-order valence-electron chi connectivity index (χ0n) is 11.4. The van der Waals surface area contributed by atoms with Crippen LogP contribution in [0, 0.1) is 6.92 Å². The summed E-state index contributed by atoms with van der Waals surface area (Å²) in [6.07, 6.45) is 2.75. The van der Waals surface area contributed by atoms with E-state index in [9.17, 15) is 5.11 Å². The molecule has 2 heterocycles. The number of benzene rings is 1. The highest BCUT2D eigenvalue weighted by molar-refractivity contribution is 5.62. The van der Waals surface area contributed by atoms with Gasteiger partial charge >= 0.3 is 0 Å². The van der Waals surface area contributed by atoms with Crippen LogP contribution >= 0.6 is 0 Å². The lowest BCUT2D eigenvalue weighted by molar-refractivity contribution is 0.472. The SMILES string of the molecule is Cc1cc(-c2nnco2)ccc1NCc1ccc(O)cn1. The molecule has 0 fully saturated rings. The fourth-order valence-corrected chi connectivity index (χ4v) is 2.00. The van der Waals surface area contributed by atoms with Crippen LogP contribution in [0.15, 0.2) is 47.3 Å². The van der Waals surface area contributed by atoms with E-state index in [2.05, 4.69) is 20.5 Å². The molecule has 0 amide bonds. The van der Waals surface area contributed by atoms with E-state index in [0.717, 1.165) is 22.5 Å². The Hall–Kier alpha value is -2.89. The van der Waals surface area contributed by atoms with Crippen LogP contribution in [0.3, 0.4) is 0 Å². The van der Waals surface area contributed by atoms with Crippen molar-refractivity contribution in [1.29, 1.82) is 0 Å². The Labute approximate surface area is 121 Å². The number of aromatic hydroxyl groups is 1. The Morgan fingerprint density at radius 3 is 2.81 bits per heavy atom. The molecule has 106 valence electrons. The lowest BCUT2D eigenvalue weighted by Gasteiger charge is -2.10. The normalized spacial score (nSPS) is 10.5. The lowest BCUT2D eigenvalue weighted by atomic mass is 10.1. The van der Waals surface area contributed by atoms with Gasteiger partial charge < -0.3 is 14.8 Å². The molecular weight excluding hydrogens is 268 g/mol. The first-order valence-electron chi connectivity index (χ1n) is 6.47. The third-order valence-corrected chi connectivity index (χ3v) is 3.10. The third kappa shape index (κ3) is 3.00. The smallest absolute Gasteiger partial charge is 0.247 e. The number of hydrogen-bond acceptors (Lipinski definition) is 6. The van der Waals surface area contributed by atoms with Gasteiger partial charge in [0.2, 0.25) is 12.3 Å². The maximum Gasteiger partial charge on any atom is 0.247 e. The summed E-state index contributed by atoms with van der Waals surface area (Å²) in [5, 5.41) is 20.1. The lowest BCUT2D eigenvalue weighted by Crippen LogP contribution is -2.02. The van der Waals surface area contributed by atoms with Gasteiger partial charge in [0, 0.05) is 11.3 Å². The Kier molecular flexibility index (Phi) is 3.51. The van der Waals surface area contributed by atoms with Crippen molar-refractivity contribution < 1.29 is 9.52 Å². The van der Waals surface area contributed by atoms with Gasteiger partial charge in [-0.05, 0) is 42.8 Å². The quantitative estimate of drug-likeness (QED) is 0.765. The van der Waals surface area contributed by atoms with Crippen LogP contribution in [0.5, 0.6) is 5.75 Å². The van der Waals surface area contributed by atoms with Gasteiger partial charge in [0.25, 0.3) is 0 Å². The second kappa shape index (κ2) is 5.62. The molecule has 6 heteroatoms. The van der Waals surface area contributed by atoms with E-state index in [4.69, 9.17) is 4.42 Å². The molecule has 2 N–H and O–H groups in total. The molecule has 2 aromatic heterocycles. The first-order valence-corrected chi connectivity index (χ1v) is 6.47. The van der Waals surface area contributed by atoms with Crippen molar-refractivity contribution in [3.05, 3.63) is 54.2 Å². The number of pyridine rings is 1. The number of nitrogens with zero attached hydrogens (tertiary/aromatic N) is 3. The highest BCUT2D eigenvalue weighted by Gasteiger charge is 2.06. The van der Waals surface area contributed by atoms with Crippen LogP contribution in [-0.2, 0) is 6.54 Å². The van der Waals surface area contributed by atoms with Crippen molar-refractivity contribution in [3.63, 3.8) is 0 Å². The number of rotatable bonds is 4. The Bertz CT molecular complexity index is 724. The van der Waals surface area contributed by atoms with Crippen molar-refractivity contribution in [2.45, 2.75) is 13.5 Å². The predicted molar refractivity (Wildman–Crippen MR) is 77.7 cm³/mol. The second-order valence-electron chi connectivity index (χ2n) is 4.63. The predicted octanol–water partition coefficient (Wildman–Crippen LogP) is 2.76. The molecule has 0 bridgehead atoms. The molecule has 0 aliphatic carbocycles. The van der Waals surface area contributed by atoms with E-state index in [1.807, 2.05) is 25.1 Å². The molecule has 21 heavy (non-hydrogen) atoms. The zero-order valence-corrected chi connectivity index (χ0v) is 11.4. The summed E-state index contributed by atoms with van der Waals surface area (Å²) in [5.41, 5.74) is 3.82. The maximum absolute atomic E-state index is 9.20. The minimum atomic E-state index is 0.166. The Morgan fingerprint density at radius 2 is 2.14 bits per heavy atom. The molecule has 0 aliphatic rings. The highest BCUT2D eigenvalue weighted by Crippen LogP contribution is 2.23. The molecule has 0 saturated carbocycles. The standard InChI is InChI=1S/C15H14N4O2/c1-10-6-11(15-19-18-9-21-15)2-5-14(10)17-7-12-3-4-13(20)8-16-12/h2-6,8-9,17,20H,7H2,1H3. The largest absolute Gasteiger partial charge is 0.506 e. The van der Waals surface area contributed by atoms with Gasteiger partial charge in [-0.1, -0.05) is 0 Å². The molecule has 3 rings (SSSR count). The van der Waals surface area contributed by atoms with Gasteiger partial charge in [0.1, 0.15) is 5.75 Å². The van der Waals surface area contributed by atoms with E-state index in [-0.39, 0.29) is 5.75 Å². The summed E-state index contributed by atoms with van der Waals surface area (Å²) in [7, 11) is 0. The number of anilines is 1. The number of nitrogens with one attached hydrogen (secondary N) is 1. The van der Waals surface area contributed by atoms with E-state index >= 15 is 0 Å². The summed E-state index contributed by atoms with van der Waals surface area (Å²) in [6.45, 7) is 2.59. The minimum Gasteiger partial charge on any atom is -0.506 e. The van der Waals surface area contributed by atoms with Crippen molar-refractivity contribution in [2.75, 3.05) is 5.32 Å². The molecule has 1 aromatic carbocycles. The van der Waals surface area contributed by atoms with Gasteiger partial charge in [-0.3, -0.25) is 4.98 Å². The second-order valence-corrected chi connectivity index (χ2v) is 4.63. The molecule has 0 saturated heterocycles. The summed E-state index contributed by atoms with van der Waals surface area (Å²) in [4.78, 5) is 4.14. The Morgan fingerprint density at radius 1 is 1.24 bits per heavy atom. The van der Waals surface area contributed by atoms with Crippen LogP contribution in [0.2, 0.25) is 0 Å². The van der Waals surface area contributed by atoms with Gasteiger partial charge in [-0.2, -0.15) is 0 Å². The molecule has 0 spiro atoms. The van der Waals surface area contributed by atoms with Gasteiger partial charge in [-0.25, -0.2) is 0 Å². The maximum atomic E-state index is 9.20. The van der Waals surface area contributed by atoms with E-state index < -0.39 is 0 Å². The number of aromatic nitrogens is 3. The zero-order chi connectivity index (χ0) is 14.7. The van der Waals surface area contributed by atoms with E-state index in [0.29, 0.717) is 12.4 Å². The fourth-order valence-electron chi connectivity index (χ4n) is 2.00. The van der Waals surface area contributed by atoms with Gasteiger partial charge in [0.15, 0.2) is 0 Å². The third-order valence-electron chi connectivity index (χ3n) is 3.10. The first-order chi connectivity index (χ1) is 10.2. The molecule has 0 aliphatic heterocycles. The van der Waals surface area contributed by atoms with Crippen molar-refractivity contribution in [1.82, 2.24) is 15.2 Å². The number of hydrogen-bond donors (Lipinski definition) is 2. The van der Waals surface area contributed by atoms with E-state index in [1.54, 1.807) is 12.1 Å². The fraction of sp³-hybridized carbons (Fsp3) is 0.133. The minimum absolute atomic E-state index is 0.166. The van der Waals surface area contributed by atoms with Crippen LogP contribution < -0.4 is 5.32 Å². The molecule has 0 radical (unpaired) electrons. The monoisotopic (exact) mass is 282 g/mol. The highest BCUT2D eigenvalue weighted by atomic mass is 16.4. The van der Waals surface area contributed by atoms with Crippen molar-refractivity contribution in [3.8, 4) is 17.2 Å². The molecular formula is C15H14N4O2. The van der Waals surface area contributed by atoms with Crippen LogP contribution in [0.4, 0.5) is 5.69 Å². The van der Waals surface area contributed by atoms with Crippen molar-refractivity contribution in [2.24, 2.45) is 0 Å². The van der Waals surface area contributed by atoms with E-state index in [1.165, 1.54) is 12.6 Å². The molecule has 3 aromatic rings. The van der Waals surface area contributed by atoms with Gasteiger partial charge in [0.05, 0.1) is 18.4 Å². The summed E-state index contributed by atoms with van der Waals surface area (Å²) >= 11 is 0. The first kappa shape index (κ1) is 13.1.